The summed E-state index contributed by atoms with van der Waals surface area (Å²) in [6.07, 6.45) is 2.32. The fourth-order valence-electron chi connectivity index (χ4n) is 3.07. The molecular weight excluding hydrogens is 330 g/mol. The van der Waals surface area contributed by atoms with Crippen molar-refractivity contribution in [2.24, 2.45) is 0 Å². The van der Waals surface area contributed by atoms with E-state index in [0.29, 0.717) is 24.7 Å². The zero-order valence-corrected chi connectivity index (χ0v) is 14.2. The van der Waals surface area contributed by atoms with Crippen LogP contribution in [0.4, 0.5) is 0 Å². The molecule has 1 amide bonds. The number of hydrogen-bond donors (Lipinski definition) is 0. The van der Waals surface area contributed by atoms with Crippen molar-refractivity contribution in [2.45, 2.75) is 12.5 Å². The highest BCUT2D eigenvalue weighted by atomic mass is 16.5. The van der Waals surface area contributed by atoms with Crippen molar-refractivity contribution < 1.29 is 14.3 Å². The topological polar surface area (TPSA) is 64.5 Å². The first-order valence-electron chi connectivity index (χ1n) is 8.62. The van der Waals surface area contributed by atoms with Gasteiger partial charge in [-0.05, 0) is 29.0 Å². The monoisotopic (exact) mass is 349 g/mol. The van der Waals surface area contributed by atoms with Gasteiger partial charge in [-0.25, -0.2) is 0 Å². The normalized spacial score (nSPS) is 16.6. The van der Waals surface area contributed by atoms with Crippen LogP contribution in [0, 0.1) is 0 Å². The van der Waals surface area contributed by atoms with Gasteiger partial charge in [0, 0.05) is 25.2 Å². The molecule has 1 atom stereocenters. The second-order valence-electron chi connectivity index (χ2n) is 6.23. The predicted molar refractivity (Wildman–Crippen MR) is 97.1 cm³/mol. The molecule has 0 spiro atoms. The first kappa shape index (κ1) is 16.3. The second-order valence-corrected chi connectivity index (χ2v) is 6.23. The minimum atomic E-state index is -0.0590. The molecule has 26 heavy (non-hydrogen) atoms. The van der Waals surface area contributed by atoms with Gasteiger partial charge in [0.25, 0.3) is 5.91 Å². The molecule has 132 valence electrons. The lowest BCUT2D eigenvalue weighted by Gasteiger charge is -2.17. The molecule has 0 aliphatic carbocycles. The van der Waals surface area contributed by atoms with Crippen molar-refractivity contribution in [2.75, 3.05) is 19.7 Å². The van der Waals surface area contributed by atoms with E-state index in [9.17, 15) is 4.79 Å². The van der Waals surface area contributed by atoms with Crippen LogP contribution in [0.3, 0.4) is 0 Å². The van der Waals surface area contributed by atoms with Gasteiger partial charge in [0.2, 0.25) is 5.88 Å². The molecule has 1 aliphatic heterocycles. The number of hydrogen-bond acceptors (Lipinski definition) is 5. The van der Waals surface area contributed by atoms with Crippen molar-refractivity contribution in [1.29, 1.82) is 0 Å². The van der Waals surface area contributed by atoms with Crippen LogP contribution in [0.25, 0.3) is 10.8 Å². The molecule has 0 bridgehead atoms. The summed E-state index contributed by atoms with van der Waals surface area (Å²) in [6.45, 7) is 1.22. The summed E-state index contributed by atoms with van der Waals surface area (Å²) >= 11 is 0. The zero-order valence-electron chi connectivity index (χ0n) is 14.2. The number of carbonyl (C=O) groups excluding carboxylic acids is 1. The molecule has 3 aromatic rings. The molecule has 2 heterocycles. The summed E-state index contributed by atoms with van der Waals surface area (Å²) in [4.78, 5) is 14.2. The predicted octanol–water partition coefficient (Wildman–Crippen LogP) is 2.69. The first-order valence-corrected chi connectivity index (χ1v) is 8.62. The summed E-state index contributed by atoms with van der Waals surface area (Å²) in [5, 5.41) is 9.94. The van der Waals surface area contributed by atoms with Crippen LogP contribution in [0.5, 0.6) is 11.6 Å². The number of aromatic nitrogens is 2. The molecule has 1 aromatic heterocycles. The van der Waals surface area contributed by atoms with Crippen molar-refractivity contribution in [3.8, 4) is 11.6 Å². The third kappa shape index (κ3) is 3.74. The molecule has 1 saturated heterocycles. The third-order valence-electron chi connectivity index (χ3n) is 4.42. The number of benzene rings is 2. The van der Waals surface area contributed by atoms with Crippen LogP contribution in [0.15, 0.2) is 60.8 Å². The van der Waals surface area contributed by atoms with E-state index >= 15 is 0 Å². The molecule has 1 fully saturated rings. The highest BCUT2D eigenvalue weighted by Gasteiger charge is 2.28. The Bertz CT molecular complexity index is 901. The maximum absolute atomic E-state index is 12.4. The lowest BCUT2D eigenvalue weighted by atomic mass is 10.1. The van der Waals surface area contributed by atoms with E-state index in [4.69, 9.17) is 9.47 Å². The minimum Gasteiger partial charge on any atom is -0.484 e. The molecular formula is C20H19N3O3. The second kappa shape index (κ2) is 7.39. The van der Waals surface area contributed by atoms with Gasteiger partial charge in [0.05, 0.1) is 6.54 Å². The smallest absolute Gasteiger partial charge is 0.260 e. The Morgan fingerprint density at radius 2 is 2.00 bits per heavy atom. The van der Waals surface area contributed by atoms with Crippen LogP contribution in [0.2, 0.25) is 0 Å². The Morgan fingerprint density at radius 3 is 2.85 bits per heavy atom. The Morgan fingerprint density at radius 1 is 1.12 bits per heavy atom. The van der Waals surface area contributed by atoms with Crippen molar-refractivity contribution in [3.63, 3.8) is 0 Å². The van der Waals surface area contributed by atoms with E-state index < -0.39 is 0 Å². The van der Waals surface area contributed by atoms with Gasteiger partial charge >= 0.3 is 0 Å². The third-order valence-corrected chi connectivity index (χ3v) is 4.42. The summed E-state index contributed by atoms with van der Waals surface area (Å²) in [5.41, 5.74) is 0. The largest absolute Gasteiger partial charge is 0.484 e. The molecule has 6 heteroatoms. The average Bonchev–Trinajstić information content (AvgIpc) is 3.15. The summed E-state index contributed by atoms with van der Waals surface area (Å²) < 4.78 is 11.4. The maximum Gasteiger partial charge on any atom is 0.260 e. The quantitative estimate of drug-likeness (QED) is 0.709. The molecule has 0 saturated carbocycles. The van der Waals surface area contributed by atoms with Crippen molar-refractivity contribution in [3.05, 3.63) is 60.8 Å². The fourth-order valence-corrected chi connectivity index (χ4v) is 3.07. The van der Waals surface area contributed by atoms with Crippen LogP contribution in [-0.4, -0.2) is 46.8 Å². The van der Waals surface area contributed by atoms with Crippen LogP contribution in [-0.2, 0) is 4.79 Å². The van der Waals surface area contributed by atoms with E-state index in [2.05, 4.69) is 10.2 Å². The summed E-state index contributed by atoms with van der Waals surface area (Å²) in [6, 6.07) is 17.4. The van der Waals surface area contributed by atoms with Crippen LogP contribution in [0.1, 0.15) is 6.42 Å². The standard InChI is InChI=1S/C20H19N3O3/c24-20(14-25-17-8-7-15-4-1-2-5-16(15)12-17)23-11-9-18(13-23)26-19-6-3-10-21-22-19/h1-8,10,12,18H,9,11,13-14H2. The fraction of sp³-hybridized carbons (Fsp3) is 0.250. The van der Waals surface area contributed by atoms with E-state index in [1.165, 1.54) is 0 Å². The number of nitrogens with zero attached hydrogens (tertiary/aromatic N) is 3. The number of amides is 1. The molecule has 1 unspecified atom stereocenters. The molecule has 1 aliphatic rings. The highest BCUT2D eigenvalue weighted by molar-refractivity contribution is 5.84. The molecule has 4 rings (SSSR count). The maximum atomic E-state index is 12.4. The molecule has 6 nitrogen and oxygen atoms in total. The van der Waals surface area contributed by atoms with Gasteiger partial charge in [-0.2, -0.15) is 5.10 Å². The van der Waals surface area contributed by atoms with Crippen LogP contribution < -0.4 is 9.47 Å². The Labute approximate surface area is 151 Å². The lowest BCUT2D eigenvalue weighted by Crippen LogP contribution is -2.34. The number of ether oxygens (including phenoxy) is 2. The Hall–Kier alpha value is -3.15. The highest BCUT2D eigenvalue weighted by Crippen LogP contribution is 2.21. The average molecular weight is 349 g/mol. The number of fused-ring (bicyclic) bond motifs is 1. The van der Waals surface area contributed by atoms with Crippen LogP contribution >= 0.6 is 0 Å². The summed E-state index contributed by atoms with van der Waals surface area (Å²) in [7, 11) is 0. The van der Waals surface area contributed by atoms with Crippen molar-refractivity contribution in [1.82, 2.24) is 15.1 Å². The van der Waals surface area contributed by atoms with Gasteiger partial charge in [0.15, 0.2) is 6.61 Å². The van der Waals surface area contributed by atoms with E-state index in [1.54, 1.807) is 23.2 Å². The number of carbonyl (C=O) groups is 1. The van der Waals surface area contributed by atoms with E-state index in [0.717, 1.165) is 17.2 Å². The Balaban J connectivity index is 1.30. The lowest BCUT2D eigenvalue weighted by molar-refractivity contribution is -0.132. The number of likely N-dealkylation sites (tertiary alicyclic amines) is 1. The zero-order chi connectivity index (χ0) is 17.8. The van der Waals surface area contributed by atoms with Gasteiger partial charge in [-0.1, -0.05) is 30.3 Å². The molecule has 0 radical (unpaired) electrons. The SMILES string of the molecule is O=C(COc1ccc2ccccc2c1)N1CCC(Oc2cccnn2)C1. The number of rotatable bonds is 5. The molecule has 0 N–H and O–H groups in total. The van der Waals surface area contributed by atoms with Gasteiger partial charge in [-0.3, -0.25) is 4.79 Å². The van der Waals surface area contributed by atoms with E-state index in [-0.39, 0.29) is 18.6 Å². The van der Waals surface area contributed by atoms with Gasteiger partial charge < -0.3 is 14.4 Å². The van der Waals surface area contributed by atoms with Gasteiger partial charge in [0.1, 0.15) is 11.9 Å². The van der Waals surface area contributed by atoms with Crippen molar-refractivity contribution >= 4 is 16.7 Å². The van der Waals surface area contributed by atoms with E-state index in [1.807, 2.05) is 42.5 Å². The minimum absolute atomic E-state index is 0.0240. The first-order chi connectivity index (χ1) is 12.8. The Kier molecular flexibility index (Phi) is 4.64. The molecule has 2 aromatic carbocycles. The summed E-state index contributed by atoms with van der Waals surface area (Å²) in [5.74, 6) is 1.14. The van der Waals surface area contributed by atoms with Gasteiger partial charge in [-0.15, -0.1) is 5.10 Å².